The SMILES string of the molecule is O=C1/C(=C/c2ccc(Cl)cc2)Sc2c(Br)cccc21. The summed E-state index contributed by atoms with van der Waals surface area (Å²) in [7, 11) is 0. The van der Waals surface area contributed by atoms with Crippen LogP contribution in [0.25, 0.3) is 6.08 Å². The van der Waals surface area contributed by atoms with Gasteiger partial charge in [-0.15, -0.1) is 0 Å². The summed E-state index contributed by atoms with van der Waals surface area (Å²) < 4.78 is 0.961. The molecule has 3 rings (SSSR count). The number of carbonyl (C=O) groups is 1. The lowest BCUT2D eigenvalue weighted by atomic mass is 10.1. The van der Waals surface area contributed by atoms with Crippen LogP contribution in [-0.2, 0) is 0 Å². The van der Waals surface area contributed by atoms with Crippen LogP contribution in [-0.4, -0.2) is 5.78 Å². The van der Waals surface area contributed by atoms with E-state index in [4.69, 9.17) is 11.6 Å². The van der Waals surface area contributed by atoms with Gasteiger partial charge in [-0.25, -0.2) is 0 Å². The minimum atomic E-state index is 0.0799. The van der Waals surface area contributed by atoms with Crippen LogP contribution in [0.2, 0.25) is 5.02 Å². The molecule has 1 nitrogen and oxygen atoms in total. The van der Waals surface area contributed by atoms with Crippen molar-refractivity contribution in [2.75, 3.05) is 0 Å². The topological polar surface area (TPSA) is 17.1 Å². The predicted molar refractivity (Wildman–Crippen MR) is 83.8 cm³/mol. The molecule has 0 fully saturated rings. The Morgan fingerprint density at radius 1 is 1.11 bits per heavy atom. The number of allylic oxidation sites excluding steroid dienone is 1. The van der Waals surface area contributed by atoms with Crippen molar-refractivity contribution in [1.29, 1.82) is 0 Å². The molecule has 1 aliphatic heterocycles. The quantitative estimate of drug-likeness (QED) is 0.637. The third-order valence-electron chi connectivity index (χ3n) is 2.82. The number of rotatable bonds is 1. The maximum Gasteiger partial charge on any atom is 0.200 e. The first-order chi connectivity index (χ1) is 9.15. The second kappa shape index (κ2) is 5.16. The van der Waals surface area contributed by atoms with Gasteiger partial charge in [0, 0.05) is 20.0 Å². The highest BCUT2D eigenvalue weighted by molar-refractivity contribution is 9.10. The molecule has 0 radical (unpaired) electrons. The van der Waals surface area contributed by atoms with Crippen molar-refractivity contribution < 1.29 is 4.79 Å². The van der Waals surface area contributed by atoms with Gasteiger partial charge in [-0.2, -0.15) is 0 Å². The number of hydrogen-bond donors (Lipinski definition) is 0. The molecule has 0 saturated carbocycles. The van der Waals surface area contributed by atoms with Gasteiger partial charge in [0.15, 0.2) is 0 Å². The summed E-state index contributed by atoms with van der Waals surface area (Å²) in [6.45, 7) is 0. The van der Waals surface area contributed by atoms with E-state index in [-0.39, 0.29) is 5.78 Å². The van der Waals surface area contributed by atoms with Gasteiger partial charge in [0.05, 0.1) is 4.91 Å². The minimum absolute atomic E-state index is 0.0799. The average Bonchev–Trinajstić information content (AvgIpc) is 2.72. The Morgan fingerprint density at radius 3 is 2.53 bits per heavy atom. The summed E-state index contributed by atoms with van der Waals surface area (Å²) >= 11 is 10.8. The number of benzene rings is 2. The predicted octanol–water partition coefficient (Wildman–Crippen LogP) is 5.43. The summed E-state index contributed by atoms with van der Waals surface area (Å²) in [5, 5.41) is 0.693. The van der Waals surface area contributed by atoms with Crippen LogP contribution in [0.4, 0.5) is 0 Å². The number of hydrogen-bond acceptors (Lipinski definition) is 2. The third-order valence-corrected chi connectivity index (χ3v) is 5.16. The molecule has 0 bridgehead atoms. The van der Waals surface area contributed by atoms with Crippen LogP contribution in [0.3, 0.4) is 0 Å². The van der Waals surface area contributed by atoms with Gasteiger partial charge in [-0.05, 0) is 51.8 Å². The zero-order valence-corrected chi connectivity index (χ0v) is 12.8. The largest absolute Gasteiger partial charge is 0.288 e. The van der Waals surface area contributed by atoms with Gasteiger partial charge in [-0.3, -0.25) is 4.79 Å². The molecular formula is C15H8BrClOS. The lowest BCUT2D eigenvalue weighted by Gasteiger charge is -1.97. The van der Waals surface area contributed by atoms with E-state index in [2.05, 4.69) is 15.9 Å². The van der Waals surface area contributed by atoms with Crippen LogP contribution in [0.15, 0.2) is 56.7 Å². The molecule has 94 valence electrons. The molecular weight excluding hydrogens is 344 g/mol. The zero-order chi connectivity index (χ0) is 13.4. The maximum atomic E-state index is 12.3. The van der Waals surface area contributed by atoms with Gasteiger partial charge >= 0.3 is 0 Å². The lowest BCUT2D eigenvalue weighted by molar-refractivity contribution is 0.104. The first-order valence-electron chi connectivity index (χ1n) is 5.63. The molecule has 0 amide bonds. The standard InChI is InChI=1S/C15H8BrClOS/c16-12-3-1-2-11-14(18)13(19-15(11)12)8-9-4-6-10(17)7-5-9/h1-8H/b13-8-. The van der Waals surface area contributed by atoms with E-state index in [0.717, 1.165) is 25.4 Å². The first-order valence-corrected chi connectivity index (χ1v) is 7.62. The highest BCUT2D eigenvalue weighted by atomic mass is 79.9. The summed E-state index contributed by atoms with van der Waals surface area (Å²) in [4.78, 5) is 14.0. The van der Waals surface area contributed by atoms with E-state index >= 15 is 0 Å². The summed E-state index contributed by atoms with van der Waals surface area (Å²) in [6.07, 6.45) is 1.90. The monoisotopic (exact) mass is 350 g/mol. The number of thioether (sulfide) groups is 1. The fraction of sp³-hybridized carbons (Fsp3) is 0. The van der Waals surface area contributed by atoms with Crippen molar-refractivity contribution in [3.8, 4) is 0 Å². The number of ketones is 1. The van der Waals surface area contributed by atoms with Gasteiger partial charge in [0.1, 0.15) is 0 Å². The van der Waals surface area contributed by atoms with E-state index in [0.29, 0.717) is 5.02 Å². The van der Waals surface area contributed by atoms with E-state index in [9.17, 15) is 4.79 Å². The van der Waals surface area contributed by atoms with E-state index in [1.54, 1.807) is 0 Å². The van der Waals surface area contributed by atoms with Crippen molar-refractivity contribution in [2.24, 2.45) is 0 Å². The molecule has 0 aromatic heterocycles. The van der Waals surface area contributed by atoms with Crippen LogP contribution >= 0.6 is 39.3 Å². The van der Waals surface area contributed by atoms with Crippen LogP contribution < -0.4 is 0 Å². The molecule has 0 saturated heterocycles. The zero-order valence-electron chi connectivity index (χ0n) is 9.69. The van der Waals surface area contributed by atoms with Gasteiger partial charge in [0.25, 0.3) is 0 Å². The minimum Gasteiger partial charge on any atom is -0.288 e. The molecule has 0 atom stereocenters. The van der Waals surface area contributed by atoms with Crippen molar-refractivity contribution in [2.45, 2.75) is 4.90 Å². The van der Waals surface area contributed by atoms with E-state index in [1.165, 1.54) is 11.8 Å². The van der Waals surface area contributed by atoms with Crippen molar-refractivity contribution >= 4 is 51.2 Å². The fourth-order valence-electron chi connectivity index (χ4n) is 1.89. The summed E-state index contributed by atoms with van der Waals surface area (Å²) in [5.41, 5.74) is 1.74. The molecule has 2 aromatic rings. The van der Waals surface area contributed by atoms with Crippen molar-refractivity contribution in [1.82, 2.24) is 0 Å². The second-order valence-electron chi connectivity index (χ2n) is 4.11. The number of carbonyl (C=O) groups excluding carboxylic acids is 1. The highest BCUT2D eigenvalue weighted by Gasteiger charge is 2.27. The summed E-state index contributed by atoms with van der Waals surface area (Å²) in [5.74, 6) is 0.0799. The van der Waals surface area contributed by atoms with E-state index < -0.39 is 0 Å². The number of halogens is 2. The van der Waals surface area contributed by atoms with Crippen LogP contribution in [0.1, 0.15) is 15.9 Å². The van der Waals surface area contributed by atoms with Crippen LogP contribution in [0, 0.1) is 0 Å². The van der Waals surface area contributed by atoms with Crippen molar-refractivity contribution in [3.63, 3.8) is 0 Å². The molecule has 19 heavy (non-hydrogen) atoms. The molecule has 4 heteroatoms. The van der Waals surface area contributed by atoms with Crippen molar-refractivity contribution in [3.05, 3.63) is 68.0 Å². The first kappa shape index (κ1) is 13.0. The Balaban J connectivity index is 2.00. The third kappa shape index (κ3) is 2.50. The number of fused-ring (bicyclic) bond motifs is 1. The summed E-state index contributed by atoms with van der Waals surface area (Å²) in [6, 6.07) is 13.1. The normalized spacial score (nSPS) is 15.9. The second-order valence-corrected chi connectivity index (χ2v) is 6.45. The Bertz CT molecular complexity index is 692. The molecule has 0 N–H and O–H groups in total. The van der Waals surface area contributed by atoms with Crippen LogP contribution in [0.5, 0.6) is 0 Å². The highest BCUT2D eigenvalue weighted by Crippen LogP contribution is 2.44. The molecule has 0 aliphatic carbocycles. The average molecular weight is 352 g/mol. The van der Waals surface area contributed by atoms with E-state index in [1.807, 2.05) is 48.5 Å². The Kier molecular flexibility index (Phi) is 3.52. The lowest BCUT2D eigenvalue weighted by Crippen LogP contribution is -1.93. The maximum absolute atomic E-state index is 12.3. The van der Waals surface area contributed by atoms with Gasteiger partial charge in [0.2, 0.25) is 5.78 Å². The number of Topliss-reactive ketones (excluding diaryl/α,β-unsaturated/α-hetero) is 1. The Labute approximate surface area is 128 Å². The molecule has 2 aromatic carbocycles. The molecule has 1 heterocycles. The smallest absolute Gasteiger partial charge is 0.200 e. The molecule has 0 spiro atoms. The molecule has 0 unspecified atom stereocenters. The Morgan fingerprint density at radius 2 is 1.84 bits per heavy atom. The fourth-order valence-corrected chi connectivity index (χ4v) is 3.67. The molecule has 1 aliphatic rings. The van der Waals surface area contributed by atoms with Gasteiger partial charge < -0.3 is 0 Å². The van der Waals surface area contributed by atoms with Gasteiger partial charge in [-0.1, -0.05) is 41.6 Å². The Hall–Kier alpha value is -1.03.